The Morgan fingerprint density at radius 2 is 2.05 bits per heavy atom. The zero-order valence-corrected chi connectivity index (χ0v) is 12.2. The maximum absolute atomic E-state index is 11.7. The number of rotatable bonds is 6. The van der Waals surface area contributed by atoms with Crippen LogP contribution in [0.5, 0.6) is 0 Å². The molecule has 6 heteroatoms. The summed E-state index contributed by atoms with van der Waals surface area (Å²) in [4.78, 5) is 26.7. The summed E-state index contributed by atoms with van der Waals surface area (Å²) in [5, 5.41) is 3.50. The highest BCUT2D eigenvalue weighted by atomic mass is 35.5. The third kappa shape index (κ3) is 5.04. The Labute approximate surface area is 127 Å². The third-order valence-electron chi connectivity index (χ3n) is 2.97. The van der Waals surface area contributed by atoms with E-state index in [-0.39, 0.29) is 12.5 Å². The Kier molecular flexibility index (Phi) is 5.51. The molecule has 1 amide bonds. The molecule has 2 aromatic rings. The lowest BCUT2D eigenvalue weighted by Gasteiger charge is -2.06. The van der Waals surface area contributed by atoms with E-state index in [1.54, 1.807) is 12.3 Å². The van der Waals surface area contributed by atoms with Crippen LogP contribution in [0.25, 0.3) is 0 Å². The summed E-state index contributed by atoms with van der Waals surface area (Å²) in [5.41, 5.74) is 0.756. The van der Waals surface area contributed by atoms with E-state index < -0.39 is 5.69 Å². The van der Waals surface area contributed by atoms with Crippen LogP contribution >= 0.6 is 11.6 Å². The van der Waals surface area contributed by atoms with Crippen LogP contribution in [0, 0.1) is 0 Å². The van der Waals surface area contributed by atoms with Crippen LogP contribution in [-0.4, -0.2) is 22.0 Å². The molecule has 21 heavy (non-hydrogen) atoms. The van der Waals surface area contributed by atoms with Gasteiger partial charge in [-0.3, -0.25) is 9.36 Å². The molecule has 0 radical (unpaired) electrons. The standard InChI is InChI=1S/C15H16ClN3O2/c16-13-6-4-12(5-7-13)3-1-8-17-14(20)11-19-10-2-9-18-15(19)21/h2,4-7,9-10H,1,3,8,11H2,(H,17,20). The van der Waals surface area contributed by atoms with Crippen molar-refractivity contribution in [3.05, 3.63) is 63.8 Å². The van der Waals surface area contributed by atoms with E-state index in [1.165, 1.54) is 16.3 Å². The molecule has 2 rings (SSSR count). The smallest absolute Gasteiger partial charge is 0.347 e. The van der Waals surface area contributed by atoms with Gasteiger partial charge in [0.25, 0.3) is 0 Å². The molecule has 1 aromatic heterocycles. The summed E-state index contributed by atoms with van der Waals surface area (Å²) in [6.45, 7) is 0.560. The van der Waals surface area contributed by atoms with Gasteiger partial charge in [-0.05, 0) is 36.6 Å². The zero-order valence-electron chi connectivity index (χ0n) is 11.5. The normalized spacial score (nSPS) is 10.3. The first kappa shape index (κ1) is 15.3. The monoisotopic (exact) mass is 305 g/mol. The first-order valence-corrected chi connectivity index (χ1v) is 7.05. The Hall–Kier alpha value is -2.14. The van der Waals surface area contributed by atoms with Crippen molar-refractivity contribution < 1.29 is 4.79 Å². The summed E-state index contributed by atoms with van der Waals surface area (Å²) >= 11 is 5.81. The molecular formula is C15H16ClN3O2. The van der Waals surface area contributed by atoms with Crippen molar-refractivity contribution in [1.82, 2.24) is 14.9 Å². The van der Waals surface area contributed by atoms with Gasteiger partial charge in [0.05, 0.1) is 0 Å². The van der Waals surface area contributed by atoms with E-state index in [2.05, 4.69) is 10.3 Å². The maximum Gasteiger partial charge on any atom is 0.347 e. The Morgan fingerprint density at radius 3 is 2.76 bits per heavy atom. The fourth-order valence-corrected chi connectivity index (χ4v) is 2.02. The number of nitrogens with zero attached hydrogens (tertiary/aromatic N) is 2. The van der Waals surface area contributed by atoms with Crippen molar-refractivity contribution in [3.63, 3.8) is 0 Å². The van der Waals surface area contributed by atoms with Crippen LogP contribution in [0.3, 0.4) is 0 Å². The van der Waals surface area contributed by atoms with E-state index in [0.29, 0.717) is 11.6 Å². The van der Waals surface area contributed by atoms with Crippen LogP contribution in [0.2, 0.25) is 5.02 Å². The van der Waals surface area contributed by atoms with E-state index in [9.17, 15) is 9.59 Å². The van der Waals surface area contributed by atoms with E-state index >= 15 is 0 Å². The molecule has 0 bridgehead atoms. The number of nitrogens with one attached hydrogen (secondary N) is 1. The van der Waals surface area contributed by atoms with Gasteiger partial charge >= 0.3 is 5.69 Å². The van der Waals surface area contributed by atoms with Gasteiger partial charge in [-0.1, -0.05) is 23.7 Å². The van der Waals surface area contributed by atoms with E-state index in [4.69, 9.17) is 11.6 Å². The van der Waals surface area contributed by atoms with Crippen molar-refractivity contribution in [2.75, 3.05) is 6.54 Å². The van der Waals surface area contributed by atoms with Crippen LogP contribution in [0.4, 0.5) is 0 Å². The van der Waals surface area contributed by atoms with Crippen molar-refractivity contribution >= 4 is 17.5 Å². The van der Waals surface area contributed by atoms with Crippen molar-refractivity contribution in [3.8, 4) is 0 Å². The fraction of sp³-hybridized carbons (Fsp3) is 0.267. The Morgan fingerprint density at radius 1 is 1.29 bits per heavy atom. The van der Waals surface area contributed by atoms with Gasteiger partial charge in [-0.25, -0.2) is 9.78 Å². The lowest BCUT2D eigenvalue weighted by molar-refractivity contribution is -0.121. The zero-order chi connectivity index (χ0) is 15.1. The van der Waals surface area contributed by atoms with Crippen LogP contribution < -0.4 is 11.0 Å². The van der Waals surface area contributed by atoms with Crippen molar-refractivity contribution in [1.29, 1.82) is 0 Å². The minimum absolute atomic E-state index is 0.00633. The minimum Gasteiger partial charge on any atom is -0.355 e. The topological polar surface area (TPSA) is 64.0 Å². The van der Waals surface area contributed by atoms with Gasteiger partial charge in [0.2, 0.25) is 5.91 Å². The molecule has 0 aliphatic carbocycles. The average Bonchev–Trinajstić information content (AvgIpc) is 2.48. The highest BCUT2D eigenvalue weighted by Crippen LogP contribution is 2.10. The number of aryl methyl sites for hydroxylation is 1. The molecule has 0 atom stereocenters. The quantitative estimate of drug-likeness (QED) is 0.825. The molecule has 0 unspecified atom stereocenters. The molecule has 1 aromatic carbocycles. The van der Waals surface area contributed by atoms with Gasteiger partial charge in [0, 0.05) is 24.0 Å². The van der Waals surface area contributed by atoms with Crippen molar-refractivity contribution in [2.45, 2.75) is 19.4 Å². The maximum atomic E-state index is 11.7. The van der Waals surface area contributed by atoms with Gasteiger partial charge in [0.1, 0.15) is 6.54 Å². The summed E-state index contributed by atoms with van der Waals surface area (Å²) in [6.07, 6.45) is 4.64. The number of aromatic nitrogens is 2. The number of halogens is 1. The van der Waals surface area contributed by atoms with Gasteiger partial charge in [-0.2, -0.15) is 0 Å². The lowest BCUT2D eigenvalue weighted by Crippen LogP contribution is -2.33. The third-order valence-corrected chi connectivity index (χ3v) is 3.23. The number of carbonyl (C=O) groups excluding carboxylic acids is 1. The van der Waals surface area contributed by atoms with Gasteiger partial charge in [-0.15, -0.1) is 0 Å². The molecule has 0 saturated heterocycles. The van der Waals surface area contributed by atoms with Gasteiger partial charge < -0.3 is 5.32 Å². The molecule has 1 N–H and O–H groups in total. The Bertz CT molecular complexity index is 652. The largest absolute Gasteiger partial charge is 0.355 e. The molecule has 0 saturated carbocycles. The first-order valence-electron chi connectivity index (χ1n) is 6.68. The number of benzene rings is 1. The molecular weight excluding hydrogens is 290 g/mol. The Balaban J connectivity index is 1.71. The predicted octanol–water partition coefficient (Wildman–Crippen LogP) is 1.65. The molecule has 0 spiro atoms. The summed E-state index contributed by atoms with van der Waals surface area (Å²) in [5.74, 6) is -0.193. The highest BCUT2D eigenvalue weighted by Gasteiger charge is 2.03. The molecule has 1 heterocycles. The number of carbonyl (C=O) groups is 1. The second-order valence-corrected chi connectivity index (χ2v) is 5.05. The number of hydrogen-bond acceptors (Lipinski definition) is 3. The van der Waals surface area contributed by atoms with Crippen molar-refractivity contribution in [2.24, 2.45) is 0 Å². The summed E-state index contributed by atoms with van der Waals surface area (Å²) < 4.78 is 1.27. The van der Waals surface area contributed by atoms with Gasteiger partial charge in [0.15, 0.2) is 0 Å². The average molecular weight is 306 g/mol. The number of amides is 1. The van der Waals surface area contributed by atoms with Crippen LogP contribution in [-0.2, 0) is 17.8 Å². The van der Waals surface area contributed by atoms with E-state index in [1.807, 2.05) is 24.3 Å². The van der Waals surface area contributed by atoms with Crippen LogP contribution in [0.15, 0.2) is 47.5 Å². The first-order chi connectivity index (χ1) is 10.1. The second kappa shape index (κ2) is 7.59. The van der Waals surface area contributed by atoms with Crippen LogP contribution in [0.1, 0.15) is 12.0 Å². The predicted molar refractivity (Wildman–Crippen MR) is 81.3 cm³/mol. The summed E-state index contributed by atoms with van der Waals surface area (Å²) in [7, 11) is 0. The molecule has 110 valence electrons. The molecule has 0 aliphatic rings. The SMILES string of the molecule is O=C(Cn1cccnc1=O)NCCCc1ccc(Cl)cc1. The minimum atomic E-state index is -0.422. The molecule has 0 fully saturated rings. The molecule has 5 nitrogen and oxygen atoms in total. The molecule has 0 aliphatic heterocycles. The fourth-order valence-electron chi connectivity index (χ4n) is 1.89. The highest BCUT2D eigenvalue weighted by molar-refractivity contribution is 6.30. The number of hydrogen-bond donors (Lipinski definition) is 1. The second-order valence-electron chi connectivity index (χ2n) is 4.61. The van der Waals surface area contributed by atoms with E-state index in [0.717, 1.165) is 12.8 Å². The lowest BCUT2D eigenvalue weighted by atomic mass is 10.1. The summed E-state index contributed by atoms with van der Waals surface area (Å²) in [6, 6.07) is 9.27.